The van der Waals surface area contributed by atoms with Crippen LogP contribution in [-0.2, 0) is 9.53 Å². The van der Waals surface area contributed by atoms with Gasteiger partial charge < -0.3 is 9.64 Å². The molecule has 1 saturated carbocycles. The highest BCUT2D eigenvalue weighted by molar-refractivity contribution is 5.69. The van der Waals surface area contributed by atoms with Crippen LogP contribution in [0, 0.1) is 11.8 Å². The molecule has 0 N–H and O–H groups in total. The number of methoxy groups -OCH3 is 1. The number of carbonyl (C=O) groups is 1. The summed E-state index contributed by atoms with van der Waals surface area (Å²) in [7, 11) is 1.48. The van der Waals surface area contributed by atoms with E-state index in [9.17, 15) is 4.79 Å². The number of nitrogens with zero attached hydrogens (tertiary/aromatic N) is 1. The fraction of sp³-hybridized carbons (Fsp3) is 0.923. The van der Waals surface area contributed by atoms with Gasteiger partial charge in [0.25, 0.3) is 0 Å². The minimum absolute atomic E-state index is 0. The molecule has 3 nitrogen and oxygen atoms in total. The van der Waals surface area contributed by atoms with Crippen LogP contribution < -0.4 is 0 Å². The van der Waals surface area contributed by atoms with E-state index in [1.807, 2.05) is 0 Å². The molecule has 2 aliphatic rings. The third-order valence-corrected chi connectivity index (χ3v) is 3.60. The topological polar surface area (TPSA) is 29.5 Å². The number of carbonyl (C=O) groups excluding carboxylic acids is 1. The Morgan fingerprint density at radius 1 is 1.19 bits per heavy atom. The average molecular weight is 227 g/mol. The summed E-state index contributed by atoms with van der Waals surface area (Å²) in [4.78, 5) is 13.7. The van der Waals surface area contributed by atoms with Gasteiger partial charge in [0.15, 0.2) is 0 Å². The fourth-order valence-electron chi connectivity index (χ4n) is 2.36. The Morgan fingerprint density at radius 3 is 2.31 bits per heavy atom. The van der Waals surface area contributed by atoms with Crippen LogP contribution in [0.4, 0.5) is 0 Å². The van der Waals surface area contributed by atoms with Crippen LogP contribution in [0.2, 0.25) is 0 Å². The van der Waals surface area contributed by atoms with Crippen molar-refractivity contribution < 1.29 is 9.53 Å². The molecule has 0 amide bonds. The molecule has 0 atom stereocenters. The first kappa shape index (κ1) is 13.5. The highest BCUT2D eigenvalue weighted by atomic mass is 16.5. The zero-order valence-corrected chi connectivity index (χ0v) is 9.58. The molecule has 1 heterocycles. The molecule has 3 heteroatoms. The van der Waals surface area contributed by atoms with E-state index in [0.29, 0.717) is 12.3 Å². The second-order valence-corrected chi connectivity index (χ2v) is 4.97. The largest absolute Gasteiger partial charge is 0.469 e. The highest BCUT2D eigenvalue weighted by Crippen LogP contribution is 2.31. The monoisotopic (exact) mass is 227 g/mol. The quantitative estimate of drug-likeness (QED) is 0.690. The Bertz CT molecular complexity index is 218. The molecule has 94 valence electrons. The molecule has 0 bridgehead atoms. The summed E-state index contributed by atoms with van der Waals surface area (Å²) in [5.74, 6) is 1.51. The van der Waals surface area contributed by atoms with Crippen molar-refractivity contribution >= 4 is 5.97 Å². The van der Waals surface area contributed by atoms with Gasteiger partial charge in [0.05, 0.1) is 7.11 Å². The lowest BCUT2D eigenvalue weighted by atomic mass is 9.93. The predicted molar refractivity (Wildman–Crippen MR) is 65.3 cm³/mol. The molecule has 1 aliphatic heterocycles. The van der Waals surface area contributed by atoms with E-state index >= 15 is 0 Å². The Labute approximate surface area is 99.1 Å². The summed E-state index contributed by atoms with van der Waals surface area (Å²) < 4.78 is 4.70. The molecule has 0 radical (unpaired) electrons. The Hall–Kier alpha value is -0.570. The molecule has 0 aromatic rings. The third-order valence-electron chi connectivity index (χ3n) is 3.60. The first-order valence-corrected chi connectivity index (χ1v) is 6.07. The standard InChI is InChI=1S/C12H21NO2.CH4/c1-15-12(14)8-10-4-6-13(7-5-10)9-11-2-3-11;/h10-11H,2-9H2,1H3;1H4. The maximum atomic E-state index is 11.1. The van der Waals surface area contributed by atoms with E-state index in [1.165, 1.54) is 52.4 Å². The SMILES string of the molecule is C.COC(=O)CC1CCN(CC2CC2)CC1. The molecule has 2 fully saturated rings. The number of esters is 1. The van der Waals surface area contributed by atoms with E-state index in [0.717, 1.165) is 5.92 Å². The van der Waals surface area contributed by atoms with E-state index < -0.39 is 0 Å². The summed E-state index contributed by atoms with van der Waals surface area (Å²) >= 11 is 0. The number of likely N-dealkylation sites (tertiary alicyclic amines) is 1. The summed E-state index contributed by atoms with van der Waals surface area (Å²) in [6.07, 6.45) is 5.82. The molecule has 16 heavy (non-hydrogen) atoms. The van der Waals surface area contributed by atoms with Crippen LogP contribution in [0.3, 0.4) is 0 Å². The van der Waals surface area contributed by atoms with Crippen molar-refractivity contribution in [3.8, 4) is 0 Å². The minimum atomic E-state index is -0.0457. The third kappa shape index (κ3) is 4.12. The normalized spacial score (nSPS) is 22.6. The van der Waals surface area contributed by atoms with E-state index in [4.69, 9.17) is 4.74 Å². The number of hydrogen-bond acceptors (Lipinski definition) is 3. The van der Waals surface area contributed by atoms with Gasteiger partial charge >= 0.3 is 5.97 Å². The number of piperidine rings is 1. The van der Waals surface area contributed by atoms with Crippen molar-refractivity contribution in [3.05, 3.63) is 0 Å². The smallest absolute Gasteiger partial charge is 0.305 e. The second kappa shape index (κ2) is 6.24. The maximum Gasteiger partial charge on any atom is 0.305 e. The minimum Gasteiger partial charge on any atom is -0.469 e. The van der Waals surface area contributed by atoms with E-state index in [2.05, 4.69) is 4.90 Å². The van der Waals surface area contributed by atoms with Gasteiger partial charge in [0, 0.05) is 13.0 Å². The van der Waals surface area contributed by atoms with Gasteiger partial charge in [-0.1, -0.05) is 7.43 Å². The summed E-state index contributed by atoms with van der Waals surface area (Å²) in [6, 6.07) is 0. The van der Waals surface area contributed by atoms with Crippen LogP contribution in [0.25, 0.3) is 0 Å². The molecule has 0 aromatic heterocycles. The van der Waals surface area contributed by atoms with Gasteiger partial charge in [-0.25, -0.2) is 0 Å². The molecular weight excluding hydrogens is 202 g/mol. The van der Waals surface area contributed by atoms with E-state index in [1.54, 1.807) is 0 Å². The zero-order valence-electron chi connectivity index (χ0n) is 9.58. The number of ether oxygens (including phenoxy) is 1. The van der Waals surface area contributed by atoms with Crippen molar-refractivity contribution in [2.75, 3.05) is 26.7 Å². The first-order valence-electron chi connectivity index (χ1n) is 6.07. The van der Waals surface area contributed by atoms with Gasteiger partial charge in [-0.05, 0) is 50.6 Å². The Morgan fingerprint density at radius 2 is 1.81 bits per heavy atom. The van der Waals surface area contributed by atoms with Crippen molar-refractivity contribution in [1.29, 1.82) is 0 Å². The predicted octanol–water partition coefficient (Wildman–Crippen LogP) is 2.31. The van der Waals surface area contributed by atoms with Crippen LogP contribution in [0.5, 0.6) is 0 Å². The maximum absolute atomic E-state index is 11.1. The fourth-order valence-corrected chi connectivity index (χ4v) is 2.36. The van der Waals surface area contributed by atoms with Gasteiger partial charge in [0.1, 0.15) is 0 Å². The van der Waals surface area contributed by atoms with Crippen molar-refractivity contribution in [1.82, 2.24) is 4.90 Å². The van der Waals surface area contributed by atoms with Gasteiger partial charge in [-0.3, -0.25) is 4.79 Å². The highest BCUT2D eigenvalue weighted by Gasteiger charge is 2.27. The van der Waals surface area contributed by atoms with Gasteiger partial charge in [0.2, 0.25) is 0 Å². The van der Waals surface area contributed by atoms with Crippen LogP contribution in [0.1, 0.15) is 39.5 Å². The van der Waals surface area contributed by atoms with Crippen LogP contribution in [0.15, 0.2) is 0 Å². The summed E-state index contributed by atoms with van der Waals surface area (Å²) in [6.45, 7) is 3.65. The number of hydrogen-bond donors (Lipinski definition) is 0. The first-order chi connectivity index (χ1) is 7.28. The van der Waals surface area contributed by atoms with Crippen molar-refractivity contribution in [2.45, 2.75) is 39.5 Å². The molecule has 2 rings (SSSR count). The van der Waals surface area contributed by atoms with Crippen molar-refractivity contribution in [2.24, 2.45) is 11.8 Å². The average Bonchev–Trinajstić information content (AvgIpc) is 3.05. The molecule has 1 saturated heterocycles. The second-order valence-electron chi connectivity index (χ2n) is 4.97. The molecule has 0 aromatic carbocycles. The molecule has 0 unspecified atom stereocenters. The lowest BCUT2D eigenvalue weighted by molar-refractivity contribution is -0.142. The van der Waals surface area contributed by atoms with Gasteiger partial charge in [-0.2, -0.15) is 0 Å². The van der Waals surface area contributed by atoms with Crippen LogP contribution in [-0.4, -0.2) is 37.6 Å². The summed E-state index contributed by atoms with van der Waals surface area (Å²) in [5.41, 5.74) is 0. The molecule has 1 aliphatic carbocycles. The van der Waals surface area contributed by atoms with E-state index in [-0.39, 0.29) is 13.4 Å². The molecule has 0 spiro atoms. The molecular formula is C13H25NO2. The lowest BCUT2D eigenvalue weighted by Crippen LogP contribution is -2.35. The van der Waals surface area contributed by atoms with Crippen molar-refractivity contribution in [3.63, 3.8) is 0 Å². The zero-order chi connectivity index (χ0) is 10.7. The van der Waals surface area contributed by atoms with Crippen LogP contribution >= 0.6 is 0 Å². The Balaban J connectivity index is 0.00000128. The summed E-state index contributed by atoms with van der Waals surface area (Å²) in [5, 5.41) is 0. The Kier molecular flexibility index (Phi) is 5.26. The number of rotatable bonds is 4. The lowest BCUT2D eigenvalue weighted by Gasteiger charge is -2.31. The van der Waals surface area contributed by atoms with Gasteiger partial charge in [-0.15, -0.1) is 0 Å².